The fourth-order valence-corrected chi connectivity index (χ4v) is 1.15. The molecule has 0 spiro atoms. The van der Waals surface area contributed by atoms with Gasteiger partial charge < -0.3 is 0 Å². The predicted octanol–water partition coefficient (Wildman–Crippen LogP) is -0.00420. The van der Waals surface area contributed by atoms with Crippen LogP contribution in [0.15, 0.2) is 29.2 Å². The topological polar surface area (TPSA) is 52.0 Å². The van der Waals surface area contributed by atoms with Crippen molar-refractivity contribution in [1.29, 1.82) is 0 Å². The zero-order chi connectivity index (χ0) is 8.55. The number of allylic oxidation sites excluding steroid dienone is 2. The Labute approximate surface area is 68.2 Å². The molecule has 1 aromatic heterocycles. The monoisotopic (exact) mass is 162 g/mol. The maximum absolute atomic E-state index is 11.1. The maximum Gasteiger partial charge on any atom is 0.254 e. The Balaban J connectivity index is 2.73. The van der Waals surface area contributed by atoms with Gasteiger partial charge in [-0.05, 0) is 6.08 Å². The number of carbonyl (C=O) groups excluding carboxylic acids is 1. The average Bonchev–Trinajstić information content (AvgIpc) is 2.07. The first-order valence-electron chi connectivity index (χ1n) is 3.56. The Morgan fingerprint density at radius 3 is 3.00 bits per heavy atom. The van der Waals surface area contributed by atoms with Gasteiger partial charge in [-0.2, -0.15) is 0 Å². The van der Waals surface area contributed by atoms with Gasteiger partial charge in [0, 0.05) is 18.8 Å². The van der Waals surface area contributed by atoms with Crippen LogP contribution in [0.3, 0.4) is 0 Å². The molecule has 1 aliphatic heterocycles. The van der Waals surface area contributed by atoms with Gasteiger partial charge in [-0.1, -0.05) is 6.08 Å². The molecule has 1 aliphatic rings. The molecule has 1 aromatic rings. The van der Waals surface area contributed by atoms with E-state index in [9.17, 15) is 9.59 Å². The molecule has 2 rings (SSSR count). The lowest BCUT2D eigenvalue weighted by Gasteiger charge is -2.09. The summed E-state index contributed by atoms with van der Waals surface area (Å²) in [5, 5.41) is 0. The third-order valence-corrected chi connectivity index (χ3v) is 1.71. The van der Waals surface area contributed by atoms with E-state index in [4.69, 9.17) is 0 Å². The molecule has 12 heavy (non-hydrogen) atoms. The molecule has 0 amide bonds. The van der Waals surface area contributed by atoms with Crippen molar-refractivity contribution >= 4 is 5.78 Å². The number of hydrogen-bond donors (Lipinski definition) is 0. The van der Waals surface area contributed by atoms with Crippen molar-refractivity contribution < 1.29 is 4.79 Å². The van der Waals surface area contributed by atoms with Crippen LogP contribution in [0.5, 0.6) is 0 Å². The highest BCUT2D eigenvalue weighted by atomic mass is 16.1. The van der Waals surface area contributed by atoms with Crippen LogP contribution in [0.2, 0.25) is 0 Å². The van der Waals surface area contributed by atoms with Crippen LogP contribution in [-0.2, 0) is 6.54 Å². The molecular weight excluding hydrogens is 156 g/mol. The van der Waals surface area contributed by atoms with E-state index in [0.717, 1.165) is 0 Å². The van der Waals surface area contributed by atoms with Crippen molar-refractivity contribution in [3.8, 4) is 0 Å². The first kappa shape index (κ1) is 6.97. The summed E-state index contributed by atoms with van der Waals surface area (Å²) in [4.78, 5) is 26.1. The summed E-state index contributed by atoms with van der Waals surface area (Å²) in [6, 6.07) is 1.34. The fraction of sp³-hybridized carbons (Fsp3) is 0.125. The Morgan fingerprint density at radius 1 is 1.42 bits per heavy atom. The fourth-order valence-electron chi connectivity index (χ4n) is 1.15. The van der Waals surface area contributed by atoms with Crippen molar-refractivity contribution in [2.45, 2.75) is 6.54 Å². The van der Waals surface area contributed by atoms with E-state index in [1.807, 2.05) is 0 Å². The zero-order valence-electron chi connectivity index (χ0n) is 6.23. The molecule has 0 saturated heterocycles. The van der Waals surface area contributed by atoms with Crippen LogP contribution >= 0.6 is 0 Å². The molecule has 4 nitrogen and oxygen atoms in total. The highest BCUT2D eigenvalue weighted by Crippen LogP contribution is 2.01. The second kappa shape index (κ2) is 2.41. The molecule has 0 N–H and O–H groups in total. The number of hydrogen-bond acceptors (Lipinski definition) is 3. The van der Waals surface area contributed by atoms with E-state index in [1.54, 1.807) is 6.08 Å². The number of rotatable bonds is 0. The van der Waals surface area contributed by atoms with Crippen LogP contribution in [-0.4, -0.2) is 15.3 Å². The van der Waals surface area contributed by atoms with Crippen molar-refractivity contribution in [3.63, 3.8) is 0 Å². The Hall–Kier alpha value is -1.71. The lowest BCUT2D eigenvalue weighted by Crippen LogP contribution is -2.27. The normalized spacial score (nSPS) is 14.5. The minimum absolute atomic E-state index is 0.183. The first-order chi connectivity index (χ1) is 5.79. The van der Waals surface area contributed by atoms with Gasteiger partial charge in [-0.15, -0.1) is 0 Å². The number of fused-ring (bicyclic) bond motifs is 1. The predicted molar refractivity (Wildman–Crippen MR) is 42.0 cm³/mol. The SMILES string of the molecule is O=C1C=CCn2c1nccc2=O. The number of carbonyl (C=O) groups is 1. The molecule has 4 heteroatoms. The van der Waals surface area contributed by atoms with Crippen LogP contribution in [0.25, 0.3) is 0 Å². The van der Waals surface area contributed by atoms with Gasteiger partial charge in [0.1, 0.15) is 0 Å². The zero-order valence-corrected chi connectivity index (χ0v) is 6.23. The van der Waals surface area contributed by atoms with Crippen molar-refractivity contribution in [2.24, 2.45) is 0 Å². The summed E-state index contributed by atoms with van der Waals surface area (Å²) in [6.07, 6.45) is 4.44. The second-order valence-corrected chi connectivity index (χ2v) is 2.48. The molecule has 0 unspecified atom stereocenters. The minimum Gasteiger partial charge on any atom is -0.286 e. The second-order valence-electron chi connectivity index (χ2n) is 2.48. The minimum atomic E-state index is -0.209. The van der Waals surface area contributed by atoms with E-state index in [2.05, 4.69) is 4.98 Å². The van der Waals surface area contributed by atoms with E-state index in [1.165, 1.54) is 22.9 Å². The largest absolute Gasteiger partial charge is 0.286 e. The molecule has 2 heterocycles. The molecule has 0 radical (unpaired) electrons. The van der Waals surface area contributed by atoms with Crippen molar-refractivity contribution in [3.05, 3.63) is 40.6 Å². The summed E-state index contributed by atoms with van der Waals surface area (Å²) in [5.41, 5.74) is -0.183. The average molecular weight is 162 g/mol. The maximum atomic E-state index is 11.1. The van der Waals surface area contributed by atoms with Crippen molar-refractivity contribution in [2.75, 3.05) is 0 Å². The molecule has 60 valence electrons. The van der Waals surface area contributed by atoms with Gasteiger partial charge >= 0.3 is 0 Å². The third kappa shape index (κ3) is 0.887. The van der Waals surface area contributed by atoms with Crippen LogP contribution in [0.1, 0.15) is 10.6 Å². The molecule has 0 aromatic carbocycles. The molecule has 0 fully saturated rings. The Bertz CT molecular complexity index is 417. The standard InChI is InChI=1S/C8H6N2O2/c11-6-2-1-5-10-7(12)3-4-9-8(6)10/h1-4H,5H2. The molecule has 0 aliphatic carbocycles. The summed E-state index contributed by atoms with van der Waals surface area (Å²) >= 11 is 0. The van der Waals surface area contributed by atoms with Crippen LogP contribution < -0.4 is 5.56 Å². The lowest BCUT2D eigenvalue weighted by molar-refractivity contribution is 0.102. The van der Waals surface area contributed by atoms with E-state index in [0.29, 0.717) is 6.54 Å². The molecule has 0 atom stereocenters. The highest BCUT2D eigenvalue weighted by molar-refractivity contribution is 6.02. The lowest BCUT2D eigenvalue weighted by atomic mass is 10.2. The first-order valence-corrected chi connectivity index (χ1v) is 3.56. The number of nitrogens with zero attached hydrogens (tertiary/aromatic N) is 2. The van der Waals surface area contributed by atoms with Crippen LogP contribution in [0, 0.1) is 0 Å². The molecular formula is C8H6N2O2. The number of ketones is 1. The summed E-state index contributed by atoms with van der Waals surface area (Å²) in [5.74, 6) is 0.0175. The van der Waals surface area contributed by atoms with E-state index in [-0.39, 0.29) is 17.2 Å². The number of aromatic nitrogens is 2. The highest BCUT2D eigenvalue weighted by Gasteiger charge is 2.13. The van der Waals surface area contributed by atoms with Gasteiger partial charge in [0.25, 0.3) is 5.56 Å². The van der Waals surface area contributed by atoms with Gasteiger partial charge in [0.15, 0.2) is 5.82 Å². The van der Waals surface area contributed by atoms with E-state index < -0.39 is 0 Å². The quantitative estimate of drug-likeness (QED) is 0.539. The summed E-state index contributed by atoms with van der Waals surface area (Å²) < 4.78 is 1.35. The third-order valence-electron chi connectivity index (χ3n) is 1.71. The molecule has 0 saturated carbocycles. The van der Waals surface area contributed by atoms with Gasteiger partial charge in [0.2, 0.25) is 5.78 Å². The summed E-state index contributed by atoms with van der Waals surface area (Å²) in [6.45, 7) is 0.438. The Morgan fingerprint density at radius 2 is 2.25 bits per heavy atom. The van der Waals surface area contributed by atoms with Gasteiger partial charge in [0.05, 0.1) is 0 Å². The smallest absolute Gasteiger partial charge is 0.254 e. The van der Waals surface area contributed by atoms with Crippen molar-refractivity contribution in [1.82, 2.24) is 9.55 Å². The summed E-state index contributed by atoms with van der Waals surface area (Å²) in [7, 11) is 0. The van der Waals surface area contributed by atoms with Crippen LogP contribution in [0.4, 0.5) is 0 Å². The van der Waals surface area contributed by atoms with E-state index >= 15 is 0 Å². The Kier molecular flexibility index (Phi) is 1.40. The molecule has 0 bridgehead atoms. The van der Waals surface area contributed by atoms with Gasteiger partial charge in [-0.3, -0.25) is 14.2 Å². The van der Waals surface area contributed by atoms with Gasteiger partial charge in [-0.25, -0.2) is 4.98 Å².